The number of alkyl halides is 3. The standard InChI is InChI=1S/C21H16Cl2F3N5O2/c1-12(31-11-28-18-6-13(21(24,25)26)2-4-15(18)19(31)32)20(33,8-30-10-27-9-29-30)16-5-3-14(22)7-17(16)23/h2-7,9-12,33H,8H2,1H3. The number of fused-ring (bicyclic) bond motifs is 1. The Morgan fingerprint density at radius 1 is 1.12 bits per heavy atom. The summed E-state index contributed by atoms with van der Waals surface area (Å²) in [6.45, 7) is 1.44. The molecule has 0 amide bonds. The summed E-state index contributed by atoms with van der Waals surface area (Å²) < 4.78 is 41.6. The zero-order valence-electron chi connectivity index (χ0n) is 17.0. The Kier molecular flexibility index (Phi) is 5.94. The molecule has 0 bridgehead atoms. The molecule has 12 heteroatoms. The molecule has 2 atom stereocenters. The van der Waals surface area contributed by atoms with Crippen LogP contribution < -0.4 is 5.56 Å². The third-order valence-electron chi connectivity index (χ3n) is 5.49. The Morgan fingerprint density at radius 2 is 1.88 bits per heavy atom. The van der Waals surface area contributed by atoms with Gasteiger partial charge in [0.25, 0.3) is 5.56 Å². The Balaban J connectivity index is 1.86. The molecule has 4 rings (SSSR count). The van der Waals surface area contributed by atoms with E-state index < -0.39 is 28.9 Å². The van der Waals surface area contributed by atoms with Crippen LogP contribution in [-0.4, -0.2) is 29.4 Å². The Bertz CT molecular complexity index is 1370. The monoisotopic (exact) mass is 497 g/mol. The fourth-order valence-electron chi connectivity index (χ4n) is 3.66. The summed E-state index contributed by atoms with van der Waals surface area (Å²) in [6, 6.07) is 6.27. The molecule has 172 valence electrons. The quantitative estimate of drug-likeness (QED) is 0.439. The molecule has 33 heavy (non-hydrogen) atoms. The summed E-state index contributed by atoms with van der Waals surface area (Å²) in [5.41, 5.74) is -3.16. The summed E-state index contributed by atoms with van der Waals surface area (Å²) in [6.07, 6.45) is -0.787. The Hall–Kier alpha value is -2.95. The van der Waals surface area contributed by atoms with E-state index in [9.17, 15) is 23.1 Å². The van der Waals surface area contributed by atoms with Crippen LogP contribution in [0, 0.1) is 0 Å². The topological polar surface area (TPSA) is 85.8 Å². The van der Waals surface area contributed by atoms with Crippen molar-refractivity contribution in [3.05, 3.63) is 86.9 Å². The summed E-state index contributed by atoms with van der Waals surface area (Å²) >= 11 is 12.4. The molecule has 0 saturated heterocycles. The normalized spacial score (nSPS) is 14.9. The van der Waals surface area contributed by atoms with Crippen LogP contribution in [0.5, 0.6) is 0 Å². The number of aromatic nitrogens is 5. The molecular weight excluding hydrogens is 482 g/mol. The van der Waals surface area contributed by atoms with E-state index in [1.54, 1.807) is 13.0 Å². The molecule has 0 radical (unpaired) electrons. The minimum absolute atomic E-state index is 0.0253. The van der Waals surface area contributed by atoms with Crippen LogP contribution >= 0.6 is 23.2 Å². The van der Waals surface area contributed by atoms with E-state index in [-0.39, 0.29) is 28.0 Å². The predicted octanol–water partition coefficient (Wildman–Crippen LogP) is 4.46. The average Bonchev–Trinajstić information content (AvgIpc) is 3.25. The van der Waals surface area contributed by atoms with Gasteiger partial charge < -0.3 is 5.11 Å². The number of aliphatic hydroxyl groups is 1. The molecule has 0 fully saturated rings. The molecule has 2 aromatic carbocycles. The third-order valence-corrected chi connectivity index (χ3v) is 6.03. The highest BCUT2D eigenvalue weighted by atomic mass is 35.5. The van der Waals surface area contributed by atoms with E-state index >= 15 is 0 Å². The summed E-state index contributed by atoms with van der Waals surface area (Å²) in [7, 11) is 0. The van der Waals surface area contributed by atoms with Crippen molar-refractivity contribution in [2.24, 2.45) is 0 Å². The van der Waals surface area contributed by atoms with Crippen LogP contribution in [0.4, 0.5) is 13.2 Å². The first-order valence-electron chi connectivity index (χ1n) is 9.59. The van der Waals surface area contributed by atoms with Gasteiger partial charge in [0.2, 0.25) is 0 Å². The van der Waals surface area contributed by atoms with Crippen molar-refractivity contribution in [3.8, 4) is 0 Å². The van der Waals surface area contributed by atoms with Gasteiger partial charge in [-0.05, 0) is 37.3 Å². The van der Waals surface area contributed by atoms with E-state index in [2.05, 4.69) is 15.1 Å². The Morgan fingerprint density at radius 3 is 2.52 bits per heavy atom. The fourth-order valence-corrected chi connectivity index (χ4v) is 4.23. The van der Waals surface area contributed by atoms with Gasteiger partial charge in [-0.1, -0.05) is 29.3 Å². The second kappa shape index (κ2) is 8.44. The van der Waals surface area contributed by atoms with Crippen LogP contribution in [0.1, 0.15) is 24.1 Å². The Labute approximate surface area is 195 Å². The van der Waals surface area contributed by atoms with Crippen molar-refractivity contribution in [2.45, 2.75) is 31.3 Å². The van der Waals surface area contributed by atoms with E-state index in [0.717, 1.165) is 29.1 Å². The van der Waals surface area contributed by atoms with E-state index in [1.807, 2.05) is 0 Å². The first-order valence-corrected chi connectivity index (χ1v) is 10.3. The number of nitrogens with zero attached hydrogens (tertiary/aromatic N) is 5. The van der Waals surface area contributed by atoms with Crippen molar-refractivity contribution in [3.63, 3.8) is 0 Å². The van der Waals surface area contributed by atoms with Crippen molar-refractivity contribution >= 4 is 34.1 Å². The van der Waals surface area contributed by atoms with Crippen LogP contribution in [0.25, 0.3) is 10.9 Å². The van der Waals surface area contributed by atoms with Crippen molar-refractivity contribution in [2.75, 3.05) is 0 Å². The first kappa shape index (κ1) is 23.2. The van der Waals surface area contributed by atoms with E-state index in [4.69, 9.17) is 23.2 Å². The van der Waals surface area contributed by atoms with Gasteiger partial charge >= 0.3 is 6.18 Å². The maximum Gasteiger partial charge on any atom is 0.416 e. The third kappa shape index (κ3) is 4.33. The number of hydrogen-bond acceptors (Lipinski definition) is 5. The number of hydrogen-bond donors (Lipinski definition) is 1. The highest BCUT2D eigenvalue weighted by molar-refractivity contribution is 6.35. The highest BCUT2D eigenvalue weighted by Gasteiger charge is 2.40. The smallest absolute Gasteiger partial charge is 0.381 e. The van der Waals surface area contributed by atoms with Crippen molar-refractivity contribution in [1.29, 1.82) is 0 Å². The molecule has 2 aromatic heterocycles. The number of benzene rings is 2. The van der Waals surface area contributed by atoms with Gasteiger partial charge in [-0.2, -0.15) is 18.3 Å². The molecule has 0 aliphatic rings. The molecule has 0 aliphatic carbocycles. The van der Waals surface area contributed by atoms with Crippen LogP contribution in [0.15, 0.2) is 60.2 Å². The average molecular weight is 498 g/mol. The second-order valence-corrected chi connectivity index (χ2v) is 8.35. The maximum absolute atomic E-state index is 13.2. The molecule has 0 aliphatic heterocycles. The molecule has 2 unspecified atom stereocenters. The molecule has 2 heterocycles. The van der Waals surface area contributed by atoms with E-state index in [1.165, 1.54) is 29.5 Å². The molecular formula is C21H16Cl2F3N5O2. The van der Waals surface area contributed by atoms with Crippen LogP contribution in [0.2, 0.25) is 10.0 Å². The van der Waals surface area contributed by atoms with Gasteiger partial charge in [0, 0.05) is 15.6 Å². The predicted molar refractivity (Wildman–Crippen MR) is 116 cm³/mol. The molecule has 7 nitrogen and oxygen atoms in total. The van der Waals surface area contributed by atoms with Crippen LogP contribution in [0.3, 0.4) is 0 Å². The zero-order chi connectivity index (χ0) is 24.0. The first-order chi connectivity index (χ1) is 15.5. The molecule has 0 spiro atoms. The van der Waals surface area contributed by atoms with E-state index in [0.29, 0.717) is 5.02 Å². The maximum atomic E-state index is 13.2. The van der Waals surface area contributed by atoms with Crippen molar-refractivity contribution in [1.82, 2.24) is 24.3 Å². The molecule has 0 saturated carbocycles. The van der Waals surface area contributed by atoms with Gasteiger partial charge in [0.1, 0.15) is 18.3 Å². The largest absolute Gasteiger partial charge is 0.416 e. The summed E-state index contributed by atoms with van der Waals surface area (Å²) in [4.78, 5) is 21.1. The van der Waals surface area contributed by atoms with Gasteiger partial charge in [-0.3, -0.25) is 9.36 Å². The lowest BCUT2D eigenvalue weighted by Gasteiger charge is -2.36. The second-order valence-electron chi connectivity index (χ2n) is 7.50. The van der Waals surface area contributed by atoms with Gasteiger partial charge in [-0.15, -0.1) is 0 Å². The van der Waals surface area contributed by atoms with Crippen molar-refractivity contribution < 1.29 is 18.3 Å². The lowest BCUT2D eigenvalue weighted by Crippen LogP contribution is -2.43. The minimum Gasteiger partial charge on any atom is -0.381 e. The molecule has 4 aromatic rings. The fraction of sp³-hybridized carbons (Fsp3) is 0.238. The SMILES string of the molecule is CC(n1cnc2cc(C(F)(F)F)ccc2c1=O)C(O)(Cn1cncn1)c1ccc(Cl)cc1Cl. The van der Waals surface area contributed by atoms with Gasteiger partial charge in [-0.25, -0.2) is 14.6 Å². The number of halogens is 5. The summed E-state index contributed by atoms with van der Waals surface area (Å²) in [5.74, 6) is 0. The van der Waals surface area contributed by atoms with Crippen LogP contribution in [-0.2, 0) is 18.3 Å². The van der Waals surface area contributed by atoms with Gasteiger partial charge in [0.15, 0.2) is 0 Å². The minimum atomic E-state index is -4.57. The summed E-state index contributed by atoms with van der Waals surface area (Å²) in [5, 5.41) is 16.4. The molecule has 1 N–H and O–H groups in total. The number of rotatable bonds is 5. The lowest BCUT2D eigenvalue weighted by molar-refractivity contribution is -0.137. The van der Waals surface area contributed by atoms with Gasteiger partial charge in [0.05, 0.1) is 35.4 Å². The lowest BCUT2D eigenvalue weighted by atomic mass is 9.86. The highest BCUT2D eigenvalue weighted by Crippen LogP contribution is 2.39. The zero-order valence-corrected chi connectivity index (χ0v) is 18.5.